The molecule has 0 unspecified atom stereocenters. The number of carbonyl (C=O) groups is 1. The van der Waals surface area contributed by atoms with E-state index >= 15 is 0 Å². The fourth-order valence-corrected chi connectivity index (χ4v) is 3.36. The van der Waals surface area contributed by atoms with Crippen LogP contribution in [-0.2, 0) is 18.0 Å². The molecule has 1 atom stereocenters. The number of aliphatic hydroxyl groups is 1. The lowest BCUT2D eigenvalue weighted by atomic mass is 10.1. The number of aliphatic hydroxyl groups excluding tert-OH is 1. The van der Waals surface area contributed by atoms with E-state index in [2.05, 4.69) is 10.6 Å². The van der Waals surface area contributed by atoms with Crippen LogP contribution in [0.4, 0.5) is 4.79 Å². The number of benzene rings is 3. The van der Waals surface area contributed by atoms with Crippen molar-refractivity contribution in [1.82, 2.24) is 10.6 Å². The Morgan fingerprint density at radius 1 is 0.842 bits per heavy atom. The Bertz CT molecular complexity index is 1100. The largest absolute Gasteiger partial charge is 0.491 e. The van der Waals surface area contributed by atoms with Gasteiger partial charge in [0.05, 0.1) is 0 Å². The molecular formula is C30H38N2O6. The molecule has 8 nitrogen and oxygen atoms in total. The molecule has 204 valence electrons. The van der Waals surface area contributed by atoms with Crippen LogP contribution in [0.25, 0.3) is 0 Å². The van der Waals surface area contributed by atoms with Crippen LogP contribution in [0.1, 0.15) is 31.9 Å². The van der Waals surface area contributed by atoms with Crippen molar-refractivity contribution in [2.45, 2.75) is 45.6 Å². The van der Waals surface area contributed by atoms with Crippen LogP contribution in [0, 0.1) is 0 Å². The molecule has 0 fully saturated rings. The Kier molecular flexibility index (Phi) is 11.3. The van der Waals surface area contributed by atoms with Gasteiger partial charge in [0.1, 0.15) is 38.3 Å². The topological polar surface area (TPSA) is 98.3 Å². The molecule has 3 N–H and O–H groups in total. The normalized spacial score (nSPS) is 11.9. The summed E-state index contributed by atoms with van der Waals surface area (Å²) in [6.45, 7) is 7.43. The number of carbonyl (C=O) groups excluding carboxylic acids is 1. The van der Waals surface area contributed by atoms with Gasteiger partial charge < -0.3 is 34.7 Å². The van der Waals surface area contributed by atoms with E-state index in [0.29, 0.717) is 43.6 Å². The van der Waals surface area contributed by atoms with Gasteiger partial charge in [0.2, 0.25) is 0 Å². The maximum atomic E-state index is 11.7. The first-order valence-corrected chi connectivity index (χ1v) is 12.7. The average Bonchev–Trinajstić information content (AvgIpc) is 2.90. The molecule has 0 aliphatic heterocycles. The van der Waals surface area contributed by atoms with E-state index < -0.39 is 12.2 Å². The third-order valence-corrected chi connectivity index (χ3v) is 5.20. The zero-order chi connectivity index (χ0) is 27.2. The van der Waals surface area contributed by atoms with Gasteiger partial charge in [-0.3, -0.25) is 0 Å². The van der Waals surface area contributed by atoms with Gasteiger partial charge in [-0.05, 0) is 44.0 Å². The van der Waals surface area contributed by atoms with Crippen LogP contribution in [0.15, 0.2) is 78.9 Å². The van der Waals surface area contributed by atoms with Gasteiger partial charge in [0.25, 0.3) is 0 Å². The Labute approximate surface area is 224 Å². The molecule has 0 spiro atoms. The van der Waals surface area contributed by atoms with Gasteiger partial charge in [0.15, 0.2) is 11.5 Å². The third kappa shape index (κ3) is 11.1. The van der Waals surface area contributed by atoms with Gasteiger partial charge in [-0.2, -0.15) is 0 Å². The Balaban J connectivity index is 1.48. The van der Waals surface area contributed by atoms with Crippen molar-refractivity contribution in [3.63, 3.8) is 0 Å². The van der Waals surface area contributed by atoms with Crippen LogP contribution in [0.5, 0.6) is 17.2 Å². The van der Waals surface area contributed by atoms with Gasteiger partial charge in [-0.1, -0.05) is 60.7 Å². The van der Waals surface area contributed by atoms with Crippen LogP contribution in [-0.4, -0.2) is 49.1 Å². The van der Waals surface area contributed by atoms with Crippen molar-refractivity contribution >= 4 is 6.09 Å². The van der Waals surface area contributed by atoms with Crippen molar-refractivity contribution in [1.29, 1.82) is 0 Å². The van der Waals surface area contributed by atoms with Gasteiger partial charge in [0, 0.05) is 24.7 Å². The predicted molar refractivity (Wildman–Crippen MR) is 147 cm³/mol. The summed E-state index contributed by atoms with van der Waals surface area (Å²) in [6.07, 6.45) is -1.22. The first-order chi connectivity index (χ1) is 18.3. The number of rotatable bonds is 14. The molecule has 0 aliphatic carbocycles. The molecule has 8 heteroatoms. The summed E-state index contributed by atoms with van der Waals surface area (Å²) >= 11 is 0. The number of hydrogen-bond acceptors (Lipinski definition) is 7. The average molecular weight is 523 g/mol. The molecule has 0 aliphatic rings. The quantitative estimate of drug-likeness (QED) is 0.264. The minimum absolute atomic E-state index is 0.0840. The van der Waals surface area contributed by atoms with Crippen LogP contribution >= 0.6 is 0 Å². The zero-order valence-electron chi connectivity index (χ0n) is 22.3. The molecule has 0 bridgehead atoms. The fourth-order valence-electron chi connectivity index (χ4n) is 3.36. The minimum atomic E-state index is -0.749. The smallest absolute Gasteiger partial charge is 0.407 e. The molecule has 3 aromatic carbocycles. The van der Waals surface area contributed by atoms with Crippen LogP contribution in [0.2, 0.25) is 0 Å². The first kappa shape index (κ1) is 28.8. The Hall–Kier alpha value is -3.75. The summed E-state index contributed by atoms with van der Waals surface area (Å²) in [4.78, 5) is 11.7. The lowest BCUT2D eigenvalue weighted by molar-refractivity contribution is 0.102. The van der Waals surface area contributed by atoms with Crippen molar-refractivity contribution < 1.29 is 28.8 Å². The number of alkyl carbamates (subject to hydrolysis) is 1. The Morgan fingerprint density at radius 3 is 2.05 bits per heavy atom. The van der Waals surface area contributed by atoms with E-state index in [1.54, 1.807) is 12.1 Å². The molecule has 0 aromatic heterocycles. The molecule has 0 radical (unpaired) electrons. The van der Waals surface area contributed by atoms with Crippen molar-refractivity contribution in [3.8, 4) is 17.2 Å². The zero-order valence-corrected chi connectivity index (χ0v) is 22.3. The minimum Gasteiger partial charge on any atom is -0.491 e. The van der Waals surface area contributed by atoms with Crippen molar-refractivity contribution in [2.24, 2.45) is 0 Å². The van der Waals surface area contributed by atoms with Gasteiger partial charge >= 0.3 is 6.09 Å². The maximum absolute atomic E-state index is 11.7. The summed E-state index contributed by atoms with van der Waals surface area (Å²) in [7, 11) is 0. The van der Waals surface area contributed by atoms with E-state index in [1.165, 1.54) is 0 Å². The molecular weight excluding hydrogens is 484 g/mol. The summed E-state index contributed by atoms with van der Waals surface area (Å²) in [5.74, 6) is 1.72. The van der Waals surface area contributed by atoms with E-state index in [0.717, 1.165) is 11.1 Å². The standard InChI is InChI=1S/C30H38N2O6/c1-30(2,3)32-29(34)35-17-16-31-19-25(33)22-36-26-14-15-27(37-20-23-10-6-4-7-11-23)28(18-26)38-21-24-12-8-5-9-13-24/h4-15,18,25,31,33H,16-17,19-22H2,1-3H3,(H,32,34)/t25-/m1/s1. The molecule has 0 heterocycles. The van der Waals surface area contributed by atoms with E-state index in [-0.39, 0.29) is 18.8 Å². The molecule has 38 heavy (non-hydrogen) atoms. The van der Waals surface area contributed by atoms with E-state index in [1.807, 2.05) is 87.5 Å². The second-order valence-electron chi connectivity index (χ2n) is 9.84. The molecule has 0 saturated heterocycles. The summed E-state index contributed by atoms with van der Waals surface area (Å²) in [5.41, 5.74) is 1.74. The first-order valence-electron chi connectivity index (χ1n) is 12.7. The second kappa shape index (κ2) is 14.9. The summed E-state index contributed by atoms with van der Waals surface area (Å²) < 4.78 is 23.0. The molecule has 0 saturated carbocycles. The molecule has 3 aromatic rings. The number of ether oxygens (including phenoxy) is 4. The number of nitrogens with one attached hydrogen (secondary N) is 2. The monoisotopic (exact) mass is 522 g/mol. The second-order valence-corrected chi connectivity index (χ2v) is 9.84. The lowest BCUT2D eigenvalue weighted by Crippen LogP contribution is -2.42. The predicted octanol–water partition coefficient (Wildman–Crippen LogP) is 4.70. The van der Waals surface area contributed by atoms with Crippen LogP contribution < -0.4 is 24.8 Å². The third-order valence-electron chi connectivity index (χ3n) is 5.20. The van der Waals surface area contributed by atoms with E-state index in [9.17, 15) is 9.90 Å². The van der Waals surface area contributed by atoms with Gasteiger partial charge in [-0.15, -0.1) is 0 Å². The highest BCUT2D eigenvalue weighted by molar-refractivity contribution is 5.68. The van der Waals surface area contributed by atoms with Crippen molar-refractivity contribution in [3.05, 3.63) is 90.0 Å². The van der Waals surface area contributed by atoms with Crippen molar-refractivity contribution in [2.75, 3.05) is 26.3 Å². The molecule has 3 rings (SSSR count). The number of amides is 1. The number of hydrogen-bond donors (Lipinski definition) is 3. The SMILES string of the molecule is CC(C)(C)NC(=O)OCCNC[C@@H](O)COc1ccc(OCc2ccccc2)c(OCc2ccccc2)c1. The highest BCUT2D eigenvalue weighted by atomic mass is 16.5. The van der Waals surface area contributed by atoms with Gasteiger partial charge in [-0.25, -0.2) is 4.79 Å². The van der Waals surface area contributed by atoms with Crippen LogP contribution in [0.3, 0.4) is 0 Å². The lowest BCUT2D eigenvalue weighted by Gasteiger charge is -2.20. The highest BCUT2D eigenvalue weighted by Crippen LogP contribution is 2.33. The van der Waals surface area contributed by atoms with E-state index in [4.69, 9.17) is 18.9 Å². The molecule has 1 amide bonds. The maximum Gasteiger partial charge on any atom is 0.407 e. The highest BCUT2D eigenvalue weighted by Gasteiger charge is 2.14. The Morgan fingerprint density at radius 2 is 1.45 bits per heavy atom. The fraction of sp³-hybridized carbons (Fsp3) is 0.367. The summed E-state index contributed by atoms with van der Waals surface area (Å²) in [5, 5.41) is 16.1. The summed E-state index contributed by atoms with van der Waals surface area (Å²) in [6, 6.07) is 25.2.